The van der Waals surface area contributed by atoms with E-state index in [0.29, 0.717) is 35.9 Å². The largest absolute Gasteiger partial charge is 0.486 e. The molecule has 2 aromatic carbocycles. The molecule has 1 atom stereocenters. The SMILES string of the molecule is Cc1cc(C(=O)COC(=O)c2ccc(Cl)c(S(N)(=O)=O)c2)c(C)n1CC1COc2ccccc2O1. The average Bonchev–Trinajstić information content (AvgIpc) is 3.10. The second kappa shape index (κ2) is 9.73. The minimum absolute atomic E-state index is 0.0913. The predicted octanol–water partition coefficient (Wildman–Crippen LogP) is 3.29. The summed E-state index contributed by atoms with van der Waals surface area (Å²) in [4.78, 5) is 24.8. The summed E-state index contributed by atoms with van der Waals surface area (Å²) in [6.45, 7) is 4.00. The molecule has 0 bridgehead atoms. The van der Waals surface area contributed by atoms with Crippen molar-refractivity contribution in [3.05, 3.63) is 76.1 Å². The number of nitrogens with two attached hydrogens (primary N) is 1. The van der Waals surface area contributed by atoms with Crippen LogP contribution in [0.1, 0.15) is 32.1 Å². The van der Waals surface area contributed by atoms with E-state index in [1.807, 2.05) is 35.8 Å². The number of Topliss-reactive ketones (excluding diaryl/α,β-unsaturated/α-hetero) is 1. The summed E-state index contributed by atoms with van der Waals surface area (Å²) in [7, 11) is -4.13. The van der Waals surface area contributed by atoms with Crippen molar-refractivity contribution in [2.45, 2.75) is 31.4 Å². The van der Waals surface area contributed by atoms with Gasteiger partial charge in [-0.3, -0.25) is 4.79 Å². The Morgan fingerprint density at radius 1 is 1.14 bits per heavy atom. The summed E-state index contributed by atoms with van der Waals surface area (Å²) in [5.41, 5.74) is 1.87. The van der Waals surface area contributed by atoms with Crippen LogP contribution in [0.5, 0.6) is 11.5 Å². The van der Waals surface area contributed by atoms with Gasteiger partial charge in [0.1, 0.15) is 11.5 Å². The van der Waals surface area contributed by atoms with Crippen LogP contribution in [0.15, 0.2) is 53.4 Å². The Labute approximate surface area is 207 Å². The fourth-order valence-corrected chi connectivity index (χ4v) is 4.93. The maximum Gasteiger partial charge on any atom is 0.338 e. The Morgan fingerprint density at radius 2 is 1.86 bits per heavy atom. The molecule has 1 aliphatic heterocycles. The number of fused-ring (bicyclic) bond motifs is 1. The number of carbonyl (C=O) groups is 2. The molecule has 184 valence electrons. The first-order valence-corrected chi connectivity index (χ1v) is 12.5. The summed E-state index contributed by atoms with van der Waals surface area (Å²) >= 11 is 5.84. The summed E-state index contributed by atoms with van der Waals surface area (Å²) < 4.78 is 42.1. The highest BCUT2D eigenvalue weighted by molar-refractivity contribution is 7.89. The zero-order valence-corrected chi connectivity index (χ0v) is 20.6. The lowest BCUT2D eigenvalue weighted by molar-refractivity contribution is 0.0474. The number of rotatable bonds is 7. The molecule has 0 fully saturated rings. The van der Waals surface area contributed by atoms with E-state index < -0.39 is 33.3 Å². The topological polar surface area (TPSA) is 127 Å². The molecule has 9 nitrogen and oxygen atoms in total. The smallest absolute Gasteiger partial charge is 0.338 e. The highest BCUT2D eigenvalue weighted by atomic mass is 35.5. The van der Waals surface area contributed by atoms with Gasteiger partial charge in [0.2, 0.25) is 15.8 Å². The molecular weight excluding hydrogens is 496 g/mol. The quantitative estimate of drug-likeness (QED) is 0.375. The van der Waals surface area contributed by atoms with Crippen LogP contribution in [0.25, 0.3) is 0 Å². The number of ether oxygens (including phenoxy) is 3. The minimum atomic E-state index is -4.13. The molecule has 0 amide bonds. The molecule has 0 saturated heterocycles. The Kier molecular flexibility index (Phi) is 6.88. The van der Waals surface area contributed by atoms with Crippen molar-refractivity contribution in [2.75, 3.05) is 13.2 Å². The van der Waals surface area contributed by atoms with Gasteiger partial charge in [-0.15, -0.1) is 0 Å². The maximum absolute atomic E-state index is 12.8. The van der Waals surface area contributed by atoms with Gasteiger partial charge in [0, 0.05) is 17.0 Å². The molecular formula is C24H23ClN2O7S. The van der Waals surface area contributed by atoms with E-state index in [4.69, 9.17) is 31.0 Å². The lowest BCUT2D eigenvalue weighted by Crippen LogP contribution is -2.33. The van der Waals surface area contributed by atoms with Crippen LogP contribution in [0, 0.1) is 13.8 Å². The van der Waals surface area contributed by atoms with Crippen molar-refractivity contribution in [1.29, 1.82) is 0 Å². The molecule has 2 N–H and O–H groups in total. The van der Waals surface area contributed by atoms with Gasteiger partial charge in [-0.1, -0.05) is 23.7 Å². The van der Waals surface area contributed by atoms with Crippen molar-refractivity contribution >= 4 is 33.4 Å². The molecule has 0 saturated carbocycles. The number of hydrogen-bond acceptors (Lipinski definition) is 7. The molecule has 0 aliphatic carbocycles. The van der Waals surface area contributed by atoms with E-state index in [1.54, 1.807) is 13.0 Å². The minimum Gasteiger partial charge on any atom is -0.486 e. The van der Waals surface area contributed by atoms with Gasteiger partial charge in [-0.05, 0) is 50.2 Å². The van der Waals surface area contributed by atoms with Crippen molar-refractivity contribution in [2.24, 2.45) is 5.14 Å². The number of ketones is 1. The van der Waals surface area contributed by atoms with Gasteiger partial charge in [0.05, 0.1) is 17.1 Å². The summed E-state index contributed by atoms with van der Waals surface area (Å²) in [6, 6.07) is 12.7. The van der Waals surface area contributed by atoms with Gasteiger partial charge in [-0.25, -0.2) is 18.4 Å². The first-order valence-electron chi connectivity index (χ1n) is 10.6. The number of nitrogens with zero attached hydrogens (tertiary/aromatic N) is 1. The summed E-state index contributed by atoms with van der Waals surface area (Å²) in [6.07, 6.45) is -0.242. The average molecular weight is 519 g/mol. The Hall–Kier alpha value is -3.34. The van der Waals surface area contributed by atoms with Crippen molar-refractivity contribution in [3.63, 3.8) is 0 Å². The summed E-state index contributed by atoms with van der Waals surface area (Å²) in [5, 5.41) is 4.99. The monoisotopic (exact) mass is 518 g/mol. The van der Waals surface area contributed by atoms with Gasteiger partial charge in [-0.2, -0.15) is 0 Å². The molecule has 4 rings (SSSR count). The number of primary sulfonamides is 1. The predicted molar refractivity (Wildman–Crippen MR) is 128 cm³/mol. The molecule has 1 aromatic heterocycles. The van der Waals surface area contributed by atoms with E-state index >= 15 is 0 Å². The third-order valence-electron chi connectivity index (χ3n) is 5.64. The lowest BCUT2D eigenvalue weighted by atomic mass is 10.1. The van der Waals surface area contributed by atoms with Gasteiger partial charge < -0.3 is 18.8 Å². The zero-order chi connectivity index (χ0) is 25.3. The van der Waals surface area contributed by atoms with E-state index in [2.05, 4.69) is 0 Å². The number of benzene rings is 2. The molecule has 35 heavy (non-hydrogen) atoms. The standard InChI is InChI=1S/C24H23ClN2O7S/c1-14-9-18(15(2)27(14)11-17-12-32-21-5-3-4-6-22(21)34-17)20(28)13-33-24(29)16-7-8-19(25)23(10-16)35(26,30)31/h3-10,17H,11-13H2,1-2H3,(H2,26,30,31). The number of hydrogen-bond donors (Lipinski definition) is 1. The number of carbonyl (C=O) groups excluding carboxylic acids is 2. The second-order valence-corrected chi connectivity index (χ2v) is 10.0. The van der Waals surface area contributed by atoms with E-state index in [-0.39, 0.29) is 16.7 Å². The maximum atomic E-state index is 12.8. The van der Waals surface area contributed by atoms with E-state index in [9.17, 15) is 18.0 Å². The fourth-order valence-electron chi connectivity index (χ4n) is 3.86. The summed E-state index contributed by atoms with van der Waals surface area (Å²) in [5.74, 6) is 0.0890. The van der Waals surface area contributed by atoms with Gasteiger partial charge in [0.15, 0.2) is 24.2 Å². The highest BCUT2D eigenvalue weighted by Gasteiger charge is 2.25. The van der Waals surface area contributed by atoms with Crippen molar-refractivity contribution in [3.8, 4) is 11.5 Å². The number of sulfonamides is 1. The Balaban J connectivity index is 1.43. The van der Waals surface area contributed by atoms with Gasteiger partial charge >= 0.3 is 5.97 Å². The molecule has 1 unspecified atom stereocenters. The number of para-hydroxylation sites is 2. The van der Waals surface area contributed by atoms with Crippen LogP contribution in [0.2, 0.25) is 5.02 Å². The van der Waals surface area contributed by atoms with Crippen LogP contribution in [-0.2, 0) is 21.3 Å². The number of halogens is 1. The van der Waals surface area contributed by atoms with Crippen LogP contribution >= 0.6 is 11.6 Å². The molecule has 1 aliphatic rings. The normalized spacial score (nSPS) is 15.0. The first-order chi connectivity index (χ1) is 16.5. The number of esters is 1. The fraction of sp³-hybridized carbons (Fsp3) is 0.250. The Morgan fingerprint density at radius 3 is 2.57 bits per heavy atom. The van der Waals surface area contributed by atoms with Crippen molar-refractivity contribution in [1.82, 2.24) is 4.57 Å². The molecule has 0 spiro atoms. The van der Waals surface area contributed by atoms with Gasteiger partial charge in [0.25, 0.3) is 0 Å². The van der Waals surface area contributed by atoms with E-state index in [1.165, 1.54) is 12.1 Å². The third kappa shape index (κ3) is 5.34. The first kappa shape index (κ1) is 24.8. The van der Waals surface area contributed by atoms with Crippen molar-refractivity contribution < 1.29 is 32.2 Å². The van der Waals surface area contributed by atoms with Crippen LogP contribution < -0.4 is 14.6 Å². The van der Waals surface area contributed by atoms with Crippen LogP contribution in [-0.4, -0.2) is 44.1 Å². The van der Waals surface area contributed by atoms with Crippen LogP contribution in [0.3, 0.4) is 0 Å². The molecule has 3 aromatic rings. The number of aryl methyl sites for hydroxylation is 1. The highest BCUT2D eigenvalue weighted by Crippen LogP contribution is 2.31. The molecule has 2 heterocycles. The zero-order valence-electron chi connectivity index (χ0n) is 19.0. The Bertz CT molecular complexity index is 1420. The molecule has 0 radical (unpaired) electrons. The third-order valence-corrected chi connectivity index (χ3v) is 7.03. The second-order valence-electron chi connectivity index (χ2n) is 8.08. The molecule has 11 heteroatoms. The number of aromatic nitrogens is 1. The van der Waals surface area contributed by atoms with Crippen LogP contribution in [0.4, 0.5) is 0 Å². The van der Waals surface area contributed by atoms with E-state index in [0.717, 1.165) is 11.8 Å². The lowest BCUT2D eigenvalue weighted by Gasteiger charge is -2.27.